The van der Waals surface area contributed by atoms with Crippen molar-refractivity contribution < 1.29 is 29.7 Å². The van der Waals surface area contributed by atoms with Gasteiger partial charge in [0.05, 0.1) is 18.4 Å². The van der Waals surface area contributed by atoms with Crippen molar-refractivity contribution in [3.63, 3.8) is 0 Å². The van der Waals surface area contributed by atoms with E-state index in [9.17, 15) is 19.5 Å². The first kappa shape index (κ1) is 14.4. The van der Waals surface area contributed by atoms with Gasteiger partial charge in [-0.1, -0.05) is 0 Å². The van der Waals surface area contributed by atoms with E-state index < -0.39 is 42.3 Å². The average molecular weight is 260 g/mol. The Kier molecular flexibility index (Phi) is 5.05. The lowest BCUT2D eigenvalue weighted by Gasteiger charge is -2.26. The number of aliphatic hydroxyl groups excluding tert-OH is 1. The molecule has 1 saturated heterocycles. The molecule has 0 aromatic rings. The first-order valence-corrected chi connectivity index (χ1v) is 5.54. The van der Waals surface area contributed by atoms with Crippen LogP contribution in [0.3, 0.4) is 0 Å². The number of amides is 1. The fourth-order valence-corrected chi connectivity index (χ4v) is 1.78. The minimum Gasteiger partial charge on any atom is -0.481 e. The van der Waals surface area contributed by atoms with E-state index in [0.717, 1.165) is 0 Å². The molecule has 8 heteroatoms. The number of piperidine rings is 1. The second kappa shape index (κ2) is 6.31. The van der Waals surface area contributed by atoms with Crippen molar-refractivity contribution in [2.45, 2.75) is 25.0 Å². The topological polar surface area (TPSA) is 136 Å². The number of hydrogen-bond acceptors (Lipinski definition) is 5. The van der Waals surface area contributed by atoms with Gasteiger partial charge >= 0.3 is 11.9 Å². The maximum atomic E-state index is 11.7. The average Bonchev–Trinajstić information content (AvgIpc) is 2.27. The first-order chi connectivity index (χ1) is 8.40. The fraction of sp³-hybridized carbons (Fsp3) is 0.700. The van der Waals surface area contributed by atoms with Crippen molar-refractivity contribution in [1.29, 1.82) is 0 Å². The van der Waals surface area contributed by atoms with Crippen molar-refractivity contribution in [3.05, 3.63) is 0 Å². The molecular formula is C10H16N2O6. The van der Waals surface area contributed by atoms with Crippen molar-refractivity contribution >= 4 is 17.8 Å². The van der Waals surface area contributed by atoms with Crippen LogP contribution in [-0.2, 0) is 14.4 Å². The van der Waals surface area contributed by atoms with E-state index in [1.165, 1.54) is 0 Å². The second-order valence-electron chi connectivity index (χ2n) is 4.24. The molecular weight excluding hydrogens is 244 g/mol. The molecule has 1 heterocycles. The highest BCUT2D eigenvalue weighted by Gasteiger charge is 2.30. The number of hydrogen-bond donors (Lipinski definition) is 5. The SMILES string of the molecule is O=C(O)CC(NC(=O)C1CNCC(O)C1)C(=O)O. The third kappa shape index (κ3) is 4.30. The Balaban J connectivity index is 2.54. The molecule has 1 fully saturated rings. The molecule has 0 spiro atoms. The van der Waals surface area contributed by atoms with Crippen molar-refractivity contribution in [2.75, 3.05) is 13.1 Å². The summed E-state index contributed by atoms with van der Waals surface area (Å²) in [5.41, 5.74) is 0. The molecule has 3 unspecified atom stereocenters. The Labute approximate surface area is 103 Å². The Morgan fingerprint density at radius 3 is 2.44 bits per heavy atom. The number of aliphatic carboxylic acids is 2. The maximum Gasteiger partial charge on any atom is 0.326 e. The number of carbonyl (C=O) groups is 3. The third-order valence-electron chi connectivity index (χ3n) is 2.69. The second-order valence-corrected chi connectivity index (χ2v) is 4.24. The van der Waals surface area contributed by atoms with Crippen LogP contribution in [0.15, 0.2) is 0 Å². The highest BCUT2D eigenvalue weighted by Crippen LogP contribution is 2.11. The molecule has 102 valence electrons. The van der Waals surface area contributed by atoms with Gasteiger partial charge in [-0.3, -0.25) is 9.59 Å². The fourth-order valence-electron chi connectivity index (χ4n) is 1.78. The summed E-state index contributed by atoms with van der Waals surface area (Å²) in [6.45, 7) is 0.726. The van der Waals surface area contributed by atoms with Crippen LogP contribution in [0.1, 0.15) is 12.8 Å². The lowest BCUT2D eigenvalue weighted by molar-refractivity contribution is -0.147. The smallest absolute Gasteiger partial charge is 0.326 e. The van der Waals surface area contributed by atoms with Gasteiger partial charge < -0.3 is 26.0 Å². The molecule has 1 rings (SSSR count). The van der Waals surface area contributed by atoms with Gasteiger partial charge in [-0.05, 0) is 6.42 Å². The zero-order chi connectivity index (χ0) is 13.7. The van der Waals surface area contributed by atoms with Crippen LogP contribution >= 0.6 is 0 Å². The standard InChI is InChI=1S/C10H16N2O6/c13-6-1-5(3-11-4-6)9(16)12-7(10(17)18)2-8(14)15/h5-7,11,13H,1-4H2,(H,12,16)(H,14,15)(H,17,18). The molecule has 0 aromatic carbocycles. The number of carboxylic acid groups (broad SMARTS) is 2. The molecule has 5 N–H and O–H groups in total. The number of β-amino-alcohol motifs (C(OH)–C–C–N with tert-alkyl or cyclic N) is 1. The van der Waals surface area contributed by atoms with Crippen LogP contribution < -0.4 is 10.6 Å². The van der Waals surface area contributed by atoms with Gasteiger partial charge in [-0.2, -0.15) is 0 Å². The zero-order valence-electron chi connectivity index (χ0n) is 9.63. The van der Waals surface area contributed by atoms with E-state index in [1.54, 1.807) is 0 Å². The van der Waals surface area contributed by atoms with Crippen molar-refractivity contribution in [2.24, 2.45) is 5.92 Å². The van der Waals surface area contributed by atoms with Gasteiger partial charge in [-0.15, -0.1) is 0 Å². The Hall–Kier alpha value is -1.67. The quantitative estimate of drug-likeness (QED) is 0.385. The summed E-state index contributed by atoms with van der Waals surface area (Å²) < 4.78 is 0. The van der Waals surface area contributed by atoms with Crippen LogP contribution in [0, 0.1) is 5.92 Å². The predicted octanol–water partition coefficient (Wildman–Crippen LogP) is -2.00. The summed E-state index contributed by atoms with van der Waals surface area (Å²) >= 11 is 0. The van der Waals surface area contributed by atoms with Crippen LogP contribution in [0.2, 0.25) is 0 Å². The third-order valence-corrected chi connectivity index (χ3v) is 2.69. The molecule has 0 aliphatic carbocycles. The Morgan fingerprint density at radius 2 is 1.94 bits per heavy atom. The van der Waals surface area contributed by atoms with Crippen LogP contribution in [-0.4, -0.2) is 58.4 Å². The van der Waals surface area contributed by atoms with Crippen LogP contribution in [0.25, 0.3) is 0 Å². The highest BCUT2D eigenvalue weighted by molar-refractivity contribution is 5.87. The molecule has 1 aliphatic rings. The predicted molar refractivity (Wildman–Crippen MR) is 58.8 cm³/mol. The summed E-state index contributed by atoms with van der Waals surface area (Å²) in [5.74, 6) is -3.81. The molecule has 1 aliphatic heterocycles. The number of nitrogens with one attached hydrogen (secondary N) is 2. The number of aliphatic hydroxyl groups is 1. The molecule has 18 heavy (non-hydrogen) atoms. The summed E-state index contributed by atoms with van der Waals surface area (Å²) in [7, 11) is 0. The molecule has 8 nitrogen and oxygen atoms in total. The van der Waals surface area contributed by atoms with Gasteiger partial charge in [-0.25, -0.2) is 4.79 Å². The van der Waals surface area contributed by atoms with E-state index in [1.807, 2.05) is 0 Å². The summed E-state index contributed by atoms with van der Waals surface area (Å²) in [6, 6.07) is -1.45. The molecule has 0 aromatic heterocycles. The van der Waals surface area contributed by atoms with E-state index >= 15 is 0 Å². The van der Waals surface area contributed by atoms with Gasteiger partial charge in [0.1, 0.15) is 6.04 Å². The monoisotopic (exact) mass is 260 g/mol. The minimum absolute atomic E-state index is 0.234. The Bertz CT molecular complexity index is 345. The number of carboxylic acids is 2. The van der Waals surface area contributed by atoms with E-state index in [0.29, 0.717) is 13.1 Å². The zero-order valence-corrected chi connectivity index (χ0v) is 9.63. The number of carbonyl (C=O) groups excluding carboxylic acids is 1. The Morgan fingerprint density at radius 1 is 1.28 bits per heavy atom. The normalized spacial score (nSPS) is 25.2. The van der Waals surface area contributed by atoms with E-state index in [4.69, 9.17) is 10.2 Å². The molecule has 3 atom stereocenters. The lowest BCUT2D eigenvalue weighted by atomic mass is 9.96. The van der Waals surface area contributed by atoms with Crippen LogP contribution in [0.4, 0.5) is 0 Å². The van der Waals surface area contributed by atoms with Gasteiger partial charge in [0.2, 0.25) is 5.91 Å². The summed E-state index contributed by atoms with van der Waals surface area (Å²) in [4.78, 5) is 33.0. The molecule has 0 bridgehead atoms. The van der Waals surface area contributed by atoms with Gasteiger partial charge in [0.25, 0.3) is 0 Å². The summed E-state index contributed by atoms with van der Waals surface area (Å²) in [6.07, 6.45) is -1.10. The molecule has 0 saturated carbocycles. The minimum atomic E-state index is -1.45. The van der Waals surface area contributed by atoms with Crippen molar-refractivity contribution in [3.8, 4) is 0 Å². The van der Waals surface area contributed by atoms with Crippen LogP contribution in [0.5, 0.6) is 0 Å². The van der Waals surface area contributed by atoms with Crippen molar-refractivity contribution in [1.82, 2.24) is 10.6 Å². The molecule has 0 radical (unpaired) electrons. The van der Waals surface area contributed by atoms with Gasteiger partial charge in [0, 0.05) is 13.1 Å². The summed E-state index contributed by atoms with van der Waals surface area (Å²) in [5, 5.41) is 31.7. The number of rotatable bonds is 5. The first-order valence-electron chi connectivity index (χ1n) is 5.54. The lowest BCUT2D eigenvalue weighted by Crippen LogP contribution is -2.50. The van der Waals surface area contributed by atoms with E-state index in [2.05, 4.69) is 10.6 Å². The van der Waals surface area contributed by atoms with Gasteiger partial charge in [0.15, 0.2) is 0 Å². The maximum absolute atomic E-state index is 11.7. The molecule has 1 amide bonds. The largest absolute Gasteiger partial charge is 0.481 e. The highest BCUT2D eigenvalue weighted by atomic mass is 16.4. The van der Waals surface area contributed by atoms with E-state index in [-0.39, 0.29) is 6.42 Å².